The quantitative estimate of drug-likeness (QED) is 0.393. The molecule has 3 rings (SSSR count). The third-order valence-electron chi connectivity index (χ3n) is 4.13. The van der Waals surface area contributed by atoms with Gasteiger partial charge in [-0.1, -0.05) is 22.8 Å². The van der Waals surface area contributed by atoms with Gasteiger partial charge in [0.05, 0.1) is 17.7 Å². The smallest absolute Gasteiger partial charge is 0.182 e. The summed E-state index contributed by atoms with van der Waals surface area (Å²) >= 11 is 6.19. The van der Waals surface area contributed by atoms with E-state index in [1.54, 1.807) is 30.5 Å². The second-order valence-electron chi connectivity index (χ2n) is 5.52. The molecule has 8 heteroatoms. The lowest BCUT2D eigenvalue weighted by molar-refractivity contribution is 0.294. The van der Waals surface area contributed by atoms with Gasteiger partial charge in [0.2, 0.25) is 0 Å². The molecule has 1 saturated heterocycles. The molecule has 0 bridgehead atoms. The number of methoxy groups -OCH3 is 1. The van der Waals surface area contributed by atoms with Crippen molar-refractivity contribution >= 4 is 23.3 Å². The summed E-state index contributed by atoms with van der Waals surface area (Å²) in [5, 5.41) is 13.4. The normalized spacial score (nSPS) is 15.4. The molecule has 132 valence electrons. The number of oxime groups is 1. The number of rotatable bonds is 3. The van der Waals surface area contributed by atoms with Crippen molar-refractivity contribution in [3.05, 3.63) is 52.9 Å². The van der Waals surface area contributed by atoms with E-state index >= 15 is 0 Å². The van der Waals surface area contributed by atoms with Crippen LogP contribution in [0.5, 0.6) is 5.75 Å². The first kappa shape index (κ1) is 17.3. The van der Waals surface area contributed by atoms with Gasteiger partial charge in [-0.25, -0.2) is 9.37 Å². The lowest BCUT2D eigenvalue weighted by Gasteiger charge is -2.37. The summed E-state index contributed by atoms with van der Waals surface area (Å²) < 4.78 is 19.5. The Hall–Kier alpha value is -2.54. The van der Waals surface area contributed by atoms with Gasteiger partial charge < -0.3 is 19.7 Å². The van der Waals surface area contributed by atoms with Gasteiger partial charge in [0.25, 0.3) is 0 Å². The molecule has 0 saturated carbocycles. The van der Waals surface area contributed by atoms with E-state index in [4.69, 9.17) is 16.3 Å². The largest absolute Gasteiger partial charge is 0.496 e. The van der Waals surface area contributed by atoms with Gasteiger partial charge in [0.1, 0.15) is 17.4 Å². The molecule has 0 aliphatic carbocycles. The molecule has 6 nitrogen and oxygen atoms in total. The fraction of sp³-hybridized carbons (Fsp3) is 0.294. The zero-order chi connectivity index (χ0) is 17.8. The number of pyridine rings is 1. The molecule has 1 aliphatic rings. The number of halogens is 2. The molecule has 0 atom stereocenters. The number of aromatic nitrogens is 1. The second-order valence-corrected chi connectivity index (χ2v) is 5.93. The van der Waals surface area contributed by atoms with Gasteiger partial charge in [0, 0.05) is 32.4 Å². The third kappa shape index (κ3) is 3.46. The molecule has 1 fully saturated rings. The maximum absolute atomic E-state index is 14.3. The van der Waals surface area contributed by atoms with Crippen molar-refractivity contribution in [2.75, 3.05) is 38.2 Å². The minimum atomic E-state index is -0.498. The van der Waals surface area contributed by atoms with Gasteiger partial charge in [-0.05, 0) is 24.3 Å². The number of piperazine rings is 1. The maximum Gasteiger partial charge on any atom is 0.182 e. The van der Waals surface area contributed by atoms with Gasteiger partial charge in [0.15, 0.2) is 5.84 Å². The number of anilines is 1. The summed E-state index contributed by atoms with van der Waals surface area (Å²) in [6, 6.07) is 8.07. The molecule has 1 aliphatic heterocycles. The highest BCUT2D eigenvalue weighted by Crippen LogP contribution is 2.26. The van der Waals surface area contributed by atoms with Crippen molar-refractivity contribution in [2.45, 2.75) is 0 Å². The van der Waals surface area contributed by atoms with E-state index in [1.807, 2.05) is 9.80 Å². The molecule has 1 aromatic heterocycles. The fourth-order valence-corrected chi connectivity index (χ4v) is 3.14. The highest BCUT2D eigenvalue weighted by molar-refractivity contribution is 6.32. The summed E-state index contributed by atoms with van der Waals surface area (Å²) in [4.78, 5) is 8.17. The monoisotopic (exact) mass is 364 g/mol. The molecular weight excluding hydrogens is 347 g/mol. The number of benzene rings is 1. The van der Waals surface area contributed by atoms with Crippen LogP contribution in [0.1, 0.15) is 5.56 Å². The standard InChI is InChI=1S/C17H18ClFN4O2/c1-25-14-6-2-5-13(19)15(14)17(21-24)23-10-8-22(9-11-23)16-12(18)4-3-7-20-16/h2-7,24H,8-11H2,1H3/b21-17-. The molecule has 25 heavy (non-hydrogen) atoms. The van der Waals surface area contributed by atoms with Crippen LogP contribution in [-0.4, -0.2) is 54.2 Å². The SMILES string of the molecule is COc1cccc(F)c1/C(=N/O)N1CCN(c2ncccc2Cl)CC1. The third-order valence-corrected chi connectivity index (χ3v) is 4.43. The van der Waals surface area contributed by atoms with Crippen LogP contribution in [0.4, 0.5) is 10.2 Å². The van der Waals surface area contributed by atoms with Crippen molar-refractivity contribution < 1.29 is 14.3 Å². The summed E-state index contributed by atoms with van der Waals surface area (Å²) in [5.74, 6) is 0.696. The van der Waals surface area contributed by atoms with E-state index in [-0.39, 0.29) is 11.4 Å². The first-order chi connectivity index (χ1) is 12.2. The van der Waals surface area contributed by atoms with Crippen molar-refractivity contribution in [1.82, 2.24) is 9.88 Å². The van der Waals surface area contributed by atoms with E-state index in [0.717, 1.165) is 5.82 Å². The van der Waals surface area contributed by atoms with Crippen LogP contribution in [-0.2, 0) is 0 Å². The predicted molar refractivity (Wildman–Crippen MR) is 94.3 cm³/mol. The molecular formula is C17H18ClFN4O2. The number of hydrogen-bond donors (Lipinski definition) is 1. The average molecular weight is 365 g/mol. The Balaban J connectivity index is 1.79. The Morgan fingerprint density at radius 1 is 1.24 bits per heavy atom. The van der Waals surface area contributed by atoms with Gasteiger partial charge >= 0.3 is 0 Å². The Bertz CT molecular complexity index is 779. The highest BCUT2D eigenvalue weighted by atomic mass is 35.5. The Kier molecular flexibility index (Phi) is 5.23. The molecule has 2 heterocycles. The lowest BCUT2D eigenvalue weighted by atomic mass is 10.1. The minimum absolute atomic E-state index is 0.150. The van der Waals surface area contributed by atoms with Gasteiger partial charge in [-0.2, -0.15) is 0 Å². The molecule has 1 N–H and O–H groups in total. The topological polar surface area (TPSA) is 61.2 Å². The summed E-state index contributed by atoms with van der Waals surface area (Å²) in [7, 11) is 1.45. The molecule has 1 aromatic carbocycles. The van der Waals surface area contributed by atoms with E-state index in [1.165, 1.54) is 13.2 Å². The van der Waals surface area contributed by atoms with Crippen molar-refractivity contribution in [3.8, 4) is 5.75 Å². The molecule has 0 unspecified atom stereocenters. The molecule has 2 aromatic rings. The maximum atomic E-state index is 14.3. The zero-order valence-corrected chi connectivity index (χ0v) is 14.4. The first-order valence-corrected chi connectivity index (χ1v) is 8.19. The molecule has 0 radical (unpaired) electrons. The van der Waals surface area contributed by atoms with Crippen LogP contribution in [0.15, 0.2) is 41.7 Å². The second kappa shape index (κ2) is 7.57. The fourth-order valence-electron chi connectivity index (χ4n) is 2.90. The van der Waals surface area contributed by atoms with Crippen molar-refractivity contribution in [2.24, 2.45) is 5.16 Å². The zero-order valence-electron chi connectivity index (χ0n) is 13.7. The van der Waals surface area contributed by atoms with E-state index in [0.29, 0.717) is 37.0 Å². The number of hydrogen-bond acceptors (Lipinski definition) is 5. The van der Waals surface area contributed by atoms with Crippen molar-refractivity contribution in [3.63, 3.8) is 0 Å². The Labute approximate surface area is 150 Å². The average Bonchev–Trinajstić information content (AvgIpc) is 2.64. The summed E-state index contributed by atoms with van der Waals surface area (Å²) in [6.07, 6.45) is 1.69. The van der Waals surface area contributed by atoms with Crippen LogP contribution in [0.3, 0.4) is 0 Å². The summed E-state index contributed by atoms with van der Waals surface area (Å²) in [5.41, 5.74) is 0.150. The predicted octanol–water partition coefficient (Wildman–Crippen LogP) is 2.84. The lowest BCUT2D eigenvalue weighted by Crippen LogP contribution is -2.49. The van der Waals surface area contributed by atoms with E-state index < -0.39 is 5.82 Å². The highest BCUT2D eigenvalue weighted by Gasteiger charge is 2.26. The number of amidine groups is 1. The molecule has 0 amide bonds. The van der Waals surface area contributed by atoms with Crippen LogP contribution >= 0.6 is 11.6 Å². The van der Waals surface area contributed by atoms with Crippen LogP contribution in [0, 0.1) is 5.82 Å². The van der Waals surface area contributed by atoms with Crippen molar-refractivity contribution in [1.29, 1.82) is 0 Å². The number of ether oxygens (including phenoxy) is 1. The Morgan fingerprint density at radius 3 is 2.64 bits per heavy atom. The van der Waals surface area contributed by atoms with E-state index in [9.17, 15) is 9.60 Å². The van der Waals surface area contributed by atoms with Gasteiger partial charge in [-0.15, -0.1) is 0 Å². The van der Waals surface area contributed by atoms with Crippen LogP contribution < -0.4 is 9.64 Å². The molecule has 0 spiro atoms. The minimum Gasteiger partial charge on any atom is -0.496 e. The first-order valence-electron chi connectivity index (χ1n) is 7.81. The number of nitrogens with zero attached hydrogens (tertiary/aromatic N) is 4. The van der Waals surface area contributed by atoms with Gasteiger partial charge in [-0.3, -0.25) is 0 Å². The van der Waals surface area contributed by atoms with Crippen LogP contribution in [0.2, 0.25) is 5.02 Å². The van der Waals surface area contributed by atoms with Crippen LogP contribution in [0.25, 0.3) is 0 Å². The summed E-state index contributed by atoms with van der Waals surface area (Å²) in [6.45, 7) is 2.30. The Morgan fingerprint density at radius 2 is 2.00 bits per heavy atom. The van der Waals surface area contributed by atoms with E-state index in [2.05, 4.69) is 10.1 Å².